The first kappa shape index (κ1) is 23.2. The van der Waals surface area contributed by atoms with Gasteiger partial charge in [0.25, 0.3) is 5.91 Å². The summed E-state index contributed by atoms with van der Waals surface area (Å²) >= 11 is 0. The fourth-order valence-electron chi connectivity index (χ4n) is 3.48. The number of hydrogen-bond donors (Lipinski definition) is 3. The van der Waals surface area contributed by atoms with Crippen molar-refractivity contribution in [2.75, 3.05) is 18.8 Å². The summed E-state index contributed by atoms with van der Waals surface area (Å²) < 4.78 is 6.05. The van der Waals surface area contributed by atoms with Crippen LogP contribution in [0.25, 0.3) is 5.82 Å². The molecule has 0 saturated carbocycles. The van der Waals surface area contributed by atoms with Crippen LogP contribution in [-0.4, -0.2) is 60.0 Å². The van der Waals surface area contributed by atoms with E-state index in [0.717, 1.165) is 25.9 Å². The number of nitrogen functional groups attached to an aromatic ring is 1. The normalized spacial score (nSPS) is 14.7. The zero-order chi connectivity index (χ0) is 21.8. The number of nitrogens with two attached hydrogens (primary N) is 1. The number of phenolic OH excluding ortho intramolecular Hbond substituents is 1. The lowest BCUT2D eigenvalue weighted by atomic mass is 10.1. The van der Waals surface area contributed by atoms with Crippen LogP contribution in [0, 0.1) is 0 Å². The third-order valence-electron chi connectivity index (χ3n) is 5.12. The molecule has 0 atom stereocenters. The predicted octanol–water partition coefficient (Wildman–Crippen LogP) is 1.50. The summed E-state index contributed by atoms with van der Waals surface area (Å²) in [5, 5.41) is 29.5. The van der Waals surface area contributed by atoms with Gasteiger partial charge in [0.2, 0.25) is 11.6 Å². The van der Waals surface area contributed by atoms with E-state index >= 15 is 0 Å². The topological polar surface area (TPSA) is 161 Å². The van der Waals surface area contributed by atoms with E-state index in [9.17, 15) is 9.90 Å². The number of halogens is 1. The molecule has 0 unspecified atom stereocenters. The molecule has 13 heteroatoms. The number of amides is 1. The van der Waals surface area contributed by atoms with Gasteiger partial charge < -0.3 is 10.8 Å². The van der Waals surface area contributed by atoms with Crippen molar-refractivity contribution in [3.63, 3.8) is 0 Å². The number of carbonyl (C=O) groups excluding carboxylic acids is 1. The monoisotopic (exact) mass is 461 g/mol. The van der Waals surface area contributed by atoms with Gasteiger partial charge in [0.05, 0.1) is 11.4 Å². The molecule has 4 rings (SSSR count). The zero-order valence-electron chi connectivity index (χ0n) is 17.4. The van der Waals surface area contributed by atoms with Crippen molar-refractivity contribution >= 4 is 29.8 Å². The number of aromatic nitrogens is 5. The number of anilines is 1. The minimum atomic E-state index is -0.539. The Labute approximate surface area is 189 Å². The first-order valence-corrected chi connectivity index (χ1v) is 9.93. The van der Waals surface area contributed by atoms with Crippen LogP contribution < -0.4 is 11.2 Å². The Kier molecular flexibility index (Phi) is 7.38. The van der Waals surface area contributed by atoms with Gasteiger partial charge in [0.1, 0.15) is 5.75 Å². The lowest BCUT2D eigenvalue weighted by molar-refractivity contribution is 0.0947. The van der Waals surface area contributed by atoms with E-state index in [0.29, 0.717) is 23.5 Å². The van der Waals surface area contributed by atoms with Gasteiger partial charge in [-0.15, -0.1) is 17.5 Å². The van der Waals surface area contributed by atoms with Gasteiger partial charge in [0, 0.05) is 12.1 Å². The highest BCUT2D eigenvalue weighted by Gasteiger charge is 2.26. The minimum absolute atomic E-state index is 0. The highest BCUT2D eigenvalue weighted by molar-refractivity contribution is 6.02. The third-order valence-corrected chi connectivity index (χ3v) is 5.12. The summed E-state index contributed by atoms with van der Waals surface area (Å²) in [6.45, 7) is 3.93. The summed E-state index contributed by atoms with van der Waals surface area (Å²) in [6.07, 6.45) is 3.35. The molecule has 170 valence electrons. The van der Waals surface area contributed by atoms with E-state index in [4.69, 9.17) is 5.73 Å². The standard InChI is InChI=1S/C19H23N9O3.ClH/c1-12(13-7-3-4-8-15(13)29)21-23-19(30)16-14(11-27-9-5-2-6-10-27)28(26-22-16)18-17(20)24-31-25-18;/h3-4,7-8,29H,2,5-6,9-11H2,1H3,(H2,20,24)(H,23,30);1H/b21-12+;. The number of likely N-dealkylation sites (tertiary alicyclic amines) is 1. The van der Waals surface area contributed by atoms with Gasteiger partial charge in [0.15, 0.2) is 5.69 Å². The van der Waals surface area contributed by atoms with Gasteiger partial charge in [-0.25, -0.2) is 10.1 Å². The Morgan fingerprint density at radius 2 is 2.00 bits per heavy atom. The van der Waals surface area contributed by atoms with Crippen LogP contribution >= 0.6 is 12.4 Å². The molecule has 1 saturated heterocycles. The van der Waals surface area contributed by atoms with Crippen molar-refractivity contribution in [2.24, 2.45) is 5.10 Å². The van der Waals surface area contributed by atoms with Crippen LogP contribution in [0.3, 0.4) is 0 Å². The number of phenols is 1. The van der Waals surface area contributed by atoms with Crippen molar-refractivity contribution in [3.05, 3.63) is 41.2 Å². The maximum atomic E-state index is 12.9. The predicted molar refractivity (Wildman–Crippen MR) is 118 cm³/mol. The lowest BCUT2D eigenvalue weighted by Gasteiger charge is -2.26. The number of hydrazone groups is 1. The molecule has 1 amide bonds. The molecular weight excluding hydrogens is 438 g/mol. The van der Waals surface area contributed by atoms with E-state index in [2.05, 4.69) is 40.7 Å². The molecule has 3 aromatic rings. The third kappa shape index (κ3) is 4.86. The molecule has 1 aliphatic rings. The smallest absolute Gasteiger partial charge is 0.293 e. The molecule has 0 radical (unpaired) electrons. The Balaban J connectivity index is 0.00000289. The number of nitrogens with zero attached hydrogens (tertiary/aromatic N) is 7. The molecule has 12 nitrogen and oxygen atoms in total. The van der Waals surface area contributed by atoms with Crippen molar-refractivity contribution < 1.29 is 14.5 Å². The van der Waals surface area contributed by atoms with Crippen LogP contribution in [0.1, 0.15) is 47.9 Å². The van der Waals surface area contributed by atoms with Crippen molar-refractivity contribution in [3.8, 4) is 11.6 Å². The van der Waals surface area contributed by atoms with Crippen molar-refractivity contribution in [1.29, 1.82) is 0 Å². The SMILES string of the molecule is C/C(=N\NC(=O)c1nnn(-c2nonc2N)c1CN1CCCCC1)c1ccccc1O.Cl. The Morgan fingerprint density at radius 1 is 1.25 bits per heavy atom. The number of piperidine rings is 1. The molecule has 0 spiro atoms. The molecule has 0 aliphatic carbocycles. The lowest BCUT2D eigenvalue weighted by Crippen LogP contribution is -2.31. The maximum absolute atomic E-state index is 12.9. The molecule has 4 N–H and O–H groups in total. The average molecular weight is 462 g/mol. The van der Waals surface area contributed by atoms with Crippen molar-refractivity contribution in [1.82, 2.24) is 35.6 Å². The molecule has 1 aliphatic heterocycles. The highest BCUT2D eigenvalue weighted by Crippen LogP contribution is 2.20. The molecular formula is C19H24ClN9O3. The van der Waals surface area contributed by atoms with Gasteiger partial charge >= 0.3 is 0 Å². The number of carbonyl (C=O) groups is 1. The fraction of sp³-hybridized carbons (Fsp3) is 0.368. The summed E-state index contributed by atoms with van der Waals surface area (Å²) in [4.78, 5) is 15.1. The second-order valence-corrected chi connectivity index (χ2v) is 7.26. The summed E-state index contributed by atoms with van der Waals surface area (Å²) in [5.74, 6) is -0.246. The number of rotatable bonds is 6. The van der Waals surface area contributed by atoms with Crippen LogP contribution in [0.4, 0.5) is 5.82 Å². The second kappa shape index (κ2) is 10.2. The van der Waals surface area contributed by atoms with Gasteiger partial charge in [-0.05, 0) is 55.3 Å². The van der Waals surface area contributed by atoms with E-state index in [1.165, 1.54) is 11.1 Å². The minimum Gasteiger partial charge on any atom is -0.507 e. The van der Waals surface area contributed by atoms with E-state index in [1.54, 1.807) is 31.2 Å². The van der Waals surface area contributed by atoms with Crippen LogP contribution in [0.2, 0.25) is 0 Å². The molecule has 1 aromatic carbocycles. The molecule has 3 heterocycles. The number of nitrogens with one attached hydrogen (secondary N) is 1. The highest BCUT2D eigenvalue weighted by atomic mass is 35.5. The maximum Gasteiger partial charge on any atom is 0.293 e. The van der Waals surface area contributed by atoms with E-state index < -0.39 is 5.91 Å². The summed E-state index contributed by atoms with van der Waals surface area (Å²) in [5.41, 5.74) is 9.88. The summed E-state index contributed by atoms with van der Waals surface area (Å²) in [6, 6.07) is 6.74. The molecule has 2 aromatic heterocycles. The number of benzene rings is 1. The average Bonchev–Trinajstić information content (AvgIpc) is 3.38. The first-order chi connectivity index (χ1) is 15.0. The molecule has 1 fully saturated rings. The van der Waals surface area contributed by atoms with Crippen LogP contribution in [-0.2, 0) is 6.54 Å². The van der Waals surface area contributed by atoms with Crippen molar-refractivity contribution in [2.45, 2.75) is 32.7 Å². The number of aromatic hydroxyl groups is 1. The number of para-hydroxylation sites is 1. The largest absolute Gasteiger partial charge is 0.507 e. The van der Waals surface area contributed by atoms with Gasteiger partial charge in [-0.2, -0.15) is 9.78 Å². The van der Waals surface area contributed by atoms with Crippen LogP contribution in [0.15, 0.2) is 34.0 Å². The Morgan fingerprint density at radius 3 is 2.69 bits per heavy atom. The van der Waals surface area contributed by atoms with E-state index in [1.807, 2.05) is 0 Å². The van der Waals surface area contributed by atoms with E-state index in [-0.39, 0.29) is 35.5 Å². The Bertz CT molecular complexity index is 1110. The van der Waals surface area contributed by atoms with Gasteiger partial charge in [-0.1, -0.05) is 23.8 Å². The van der Waals surface area contributed by atoms with Crippen LogP contribution in [0.5, 0.6) is 5.75 Å². The Hall–Kier alpha value is -3.51. The summed E-state index contributed by atoms with van der Waals surface area (Å²) in [7, 11) is 0. The first-order valence-electron chi connectivity index (χ1n) is 9.93. The second-order valence-electron chi connectivity index (χ2n) is 7.26. The fourth-order valence-corrected chi connectivity index (χ4v) is 3.48. The zero-order valence-corrected chi connectivity index (χ0v) is 18.2. The van der Waals surface area contributed by atoms with Gasteiger partial charge in [-0.3, -0.25) is 9.69 Å². The molecule has 0 bridgehead atoms. The quantitative estimate of drug-likeness (QED) is 0.365. The number of hydrogen-bond acceptors (Lipinski definition) is 10. The molecule has 32 heavy (non-hydrogen) atoms.